The van der Waals surface area contributed by atoms with Gasteiger partial charge in [0.1, 0.15) is 0 Å². The van der Waals surface area contributed by atoms with Crippen molar-refractivity contribution in [1.29, 1.82) is 0 Å². The number of hydrogen-bond acceptors (Lipinski definition) is 3. The molecule has 0 bridgehead atoms. The Bertz CT molecular complexity index is 87.1. The van der Waals surface area contributed by atoms with Gasteiger partial charge in [0.2, 0.25) is 0 Å². The van der Waals surface area contributed by atoms with E-state index in [1.807, 2.05) is 0 Å². The number of nitrogens with one attached hydrogen (secondary N) is 1. The Hall–Kier alpha value is -0.120. The van der Waals surface area contributed by atoms with E-state index in [1.54, 1.807) is 0 Å². The standard InChI is InChI=1S/C6H13NO2/c8-4-5-3-7-2-1-6(5)9/h5-9H,1-4H2/t5-,6-/m0/s1. The molecule has 9 heavy (non-hydrogen) atoms. The molecule has 1 heterocycles. The van der Waals surface area contributed by atoms with Crippen LogP contribution >= 0.6 is 0 Å². The summed E-state index contributed by atoms with van der Waals surface area (Å²) in [6.07, 6.45) is 0.474. The van der Waals surface area contributed by atoms with Gasteiger partial charge in [0.05, 0.1) is 6.10 Å². The molecule has 1 aliphatic heterocycles. The molecule has 3 heteroatoms. The molecule has 1 fully saturated rings. The first-order valence-electron chi connectivity index (χ1n) is 3.34. The first kappa shape index (κ1) is 6.99. The molecule has 1 rings (SSSR count). The summed E-state index contributed by atoms with van der Waals surface area (Å²) in [6, 6.07) is 0. The van der Waals surface area contributed by atoms with E-state index in [2.05, 4.69) is 5.32 Å². The molecule has 0 amide bonds. The molecular formula is C6H13NO2. The van der Waals surface area contributed by atoms with Crippen LogP contribution in [0.2, 0.25) is 0 Å². The Morgan fingerprint density at radius 3 is 2.78 bits per heavy atom. The summed E-state index contributed by atoms with van der Waals surface area (Å²) >= 11 is 0. The minimum Gasteiger partial charge on any atom is -0.396 e. The summed E-state index contributed by atoms with van der Waals surface area (Å²) in [6.45, 7) is 1.71. The molecule has 0 unspecified atom stereocenters. The molecule has 0 radical (unpaired) electrons. The third-order valence-corrected chi connectivity index (χ3v) is 1.80. The minimum atomic E-state index is -0.295. The number of aliphatic hydroxyl groups is 2. The van der Waals surface area contributed by atoms with Crippen molar-refractivity contribution in [2.75, 3.05) is 19.7 Å². The molecule has 0 aliphatic carbocycles. The third-order valence-electron chi connectivity index (χ3n) is 1.80. The normalized spacial score (nSPS) is 36.7. The van der Waals surface area contributed by atoms with E-state index in [4.69, 9.17) is 10.2 Å². The van der Waals surface area contributed by atoms with E-state index in [-0.39, 0.29) is 18.6 Å². The lowest BCUT2D eigenvalue weighted by atomic mass is 9.97. The minimum absolute atomic E-state index is 0.0544. The van der Waals surface area contributed by atoms with Crippen LogP contribution in [-0.2, 0) is 0 Å². The first-order chi connectivity index (χ1) is 4.34. The Labute approximate surface area is 54.7 Å². The van der Waals surface area contributed by atoms with Gasteiger partial charge in [0.25, 0.3) is 0 Å². The maximum atomic E-state index is 9.17. The van der Waals surface area contributed by atoms with Gasteiger partial charge >= 0.3 is 0 Å². The number of rotatable bonds is 1. The van der Waals surface area contributed by atoms with Crippen molar-refractivity contribution < 1.29 is 10.2 Å². The molecule has 54 valence electrons. The predicted molar refractivity (Wildman–Crippen MR) is 34.1 cm³/mol. The molecule has 0 aromatic heterocycles. The average Bonchev–Trinajstić information content (AvgIpc) is 1.89. The molecule has 3 nitrogen and oxygen atoms in total. The Morgan fingerprint density at radius 2 is 2.33 bits per heavy atom. The summed E-state index contributed by atoms with van der Waals surface area (Å²) < 4.78 is 0. The highest BCUT2D eigenvalue weighted by atomic mass is 16.3. The fraction of sp³-hybridized carbons (Fsp3) is 1.00. The number of piperidine rings is 1. The van der Waals surface area contributed by atoms with Crippen LogP contribution in [0.4, 0.5) is 0 Å². The van der Waals surface area contributed by atoms with Crippen molar-refractivity contribution in [1.82, 2.24) is 5.32 Å². The highest BCUT2D eigenvalue weighted by molar-refractivity contribution is 4.75. The van der Waals surface area contributed by atoms with E-state index in [0.717, 1.165) is 19.5 Å². The lowest BCUT2D eigenvalue weighted by molar-refractivity contribution is 0.0447. The molecular weight excluding hydrogens is 118 g/mol. The molecule has 3 N–H and O–H groups in total. The molecule has 0 saturated carbocycles. The van der Waals surface area contributed by atoms with Crippen LogP contribution in [0.1, 0.15) is 6.42 Å². The second-order valence-corrected chi connectivity index (χ2v) is 2.50. The van der Waals surface area contributed by atoms with Gasteiger partial charge < -0.3 is 15.5 Å². The molecule has 0 aromatic carbocycles. The van der Waals surface area contributed by atoms with E-state index < -0.39 is 0 Å². The third kappa shape index (κ3) is 1.64. The maximum Gasteiger partial charge on any atom is 0.0614 e. The van der Waals surface area contributed by atoms with Gasteiger partial charge in [-0.1, -0.05) is 0 Å². The number of aliphatic hydroxyl groups excluding tert-OH is 2. The van der Waals surface area contributed by atoms with Gasteiger partial charge in [-0.2, -0.15) is 0 Å². The van der Waals surface area contributed by atoms with Crippen molar-refractivity contribution in [2.24, 2.45) is 5.92 Å². The van der Waals surface area contributed by atoms with Crippen molar-refractivity contribution in [3.05, 3.63) is 0 Å². The summed E-state index contributed by atoms with van der Waals surface area (Å²) in [7, 11) is 0. The highest BCUT2D eigenvalue weighted by Gasteiger charge is 2.21. The van der Waals surface area contributed by atoms with Gasteiger partial charge in [0.15, 0.2) is 0 Å². The summed E-state index contributed by atoms with van der Waals surface area (Å²) in [4.78, 5) is 0. The van der Waals surface area contributed by atoms with Gasteiger partial charge in [-0.15, -0.1) is 0 Å². The Morgan fingerprint density at radius 1 is 1.56 bits per heavy atom. The molecule has 2 atom stereocenters. The van der Waals surface area contributed by atoms with Gasteiger partial charge in [-0.05, 0) is 13.0 Å². The van der Waals surface area contributed by atoms with Crippen molar-refractivity contribution in [3.8, 4) is 0 Å². The van der Waals surface area contributed by atoms with E-state index >= 15 is 0 Å². The fourth-order valence-electron chi connectivity index (χ4n) is 1.10. The zero-order valence-electron chi connectivity index (χ0n) is 5.38. The van der Waals surface area contributed by atoms with Crippen LogP contribution in [0.15, 0.2) is 0 Å². The van der Waals surface area contributed by atoms with Gasteiger partial charge in [-0.3, -0.25) is 0 Å². The smallest absolute Gasteiger partial charge is 0.0614 e. The van der Waals surface area contributed by atoms with Gasteiger partial charge in [0, 0.05) is 19.1 Å². The topological polar surface area (TPSA) is 52.5 Å². The van der Waals surface area contributed by atoms with Crippen LogP contribution in [0.25, 0.3) is 0 Å². The molecule has 1 aliphatic rings. The van der Waals surface area contributed by atoms with Crippen LogP contribution in [0.5, 0.6) is 0 Å². The van der Waals surface area contributed by atoms with Crippen LogP contribution < -0.4 is 5.32 Å². The molecule has 1 saturated heterocycles. The molecule has 0 aromatic rings. The monoisotopic (exact) mass is 131 g/mol. The fourth-order valence-corrected chi connectivity index (χ4v) is 1.10. The van der Waals surface area contributed by atoms with Crippen LogP contribution in [-0.4, -0.2) is 36.0 Å². The van der Waals surface area contributed by atoms with E-state index in [0.29, 0.717) is 0 Å². The van der Waals surface area contributed by atoms with E-state index in [9.17, 15) is 0 Å². The van der Waals surface area contributed by atoms with Crippen molar-refractivity contribution >= 4 is 0 Å². The number of hydrogen-bond donors (Lipinski definition) is 3. The summed E-state index contributed by atoms with van der Waals surface area (Å²) in [5, 5.41) is 20.9. The van der Waals surface area contributed by atoms with Crippen molar-refractivity contribution in [3.63, 3.8) is 0 Å². The van der Waals surface area contributed by atoms with Crippen LogP contribution in [0, 0.1) is 5.92 Å². The summed E-state index contributed by atoms with van der Waals surface area (Å²) in [5.41, 5.74) is 0. The van der Waals surface area contributed by atoms with Crippen molar-refractivity contribution in [2.45, 2.75) is 12.5 Å². The zero-order valence-corrected chi connectivity index (χ0v) is 5.38. The highest BCUT2D eigenvalue weighted by Crippen LogP contribution is 2.09. The van der Waals surface area contributed by atoms with Crippen LogP contribution in [0.3, 0.4) is 0 Å². The SMILES string of the molecule is OC[C@@H]1CNCC[C@@H]1O. The maximum absolute atomic E-state index is 9.17. The lowest BCUT2D eigenvalue weighted by Crippen LogP contribution is -2.41. The molecule has 0 spiro atoms. The Balaban J connectivity index is 2.30. The lowest BCUT2D eigenvalue weighted by Gasteiger charge is -2.26. The largest absolute Gasteiger partial charge is 0.396 e. The predicted octanol–water partition coefficient (Wildman–Crippen LogP) is -1.05. The first-order valence-corrected chi connectivity index (χ1v) is 3.34. The zero-order chi connectivity index (χ0) is 6.69. The second kappa shape index (κ2) is 3.15. The summed E-state index contributed by atoms with van der Waals surface area (Å²) in [5.74, 6) is 0.0544. The average molecular weight is 131 g/mol. The quantitative estimate of drug-likeness (QED) is 0.425. The van der Waals surface area contributed by atoms with E-state index in [1.165, 1.54) is 0 Å². The Kier molecular flexibility index (Phi) is 2.45. The second-order valence-electron chi connectivity index (χ2n) is 2.50. The van der Waals surface area contributed by atoms with Gasteiger partial charge in [-0.25, -0.2) is 0 Å².